The summed E-state index contributed by atoms with van der Waals surface area (Å²) in [7, 11) is -1.08. The number of rotatable bonds is 10. The van der Waals surface area contributed by atoms with Crippen molar-refractivity contribution in [2.24, 2.45) is 0 Å². The summed E-state index contributed by atoms with van der Waals surface area (Å²) in [6.07, 6.45) is 8.52. The summed E-state index contributed by atoms with van der Waals surface area (Å²) < 4.78 is 17.1. The third kappa shape index (κ3) is 6.15. The Balaban J connectivity index is 2.11. The maximum Gasteiger partial charge on any atom is 0.332 e. The van der Waals surface area contributed by atoms with E-state index >= 15 is 0 Å². The quantitative estimate of drug-likeness (QED) is 0.423. The lowest BCUT2D eigenvalue weighted by atomic mass is 9.97. The zero-order chi connectivity index (χ0) is 11.6. The summed E-state index contributed by atoms with van der Waals surface area (Å²) in [5.74, 6) is 0. The lowest BCUT2D eigenvalue weighted by molar-refractivity contribution is 0.0720. The van der Waals surface area contributed by atoms with E-state index in [2.05, 4.69) is 13.8 Å². The molecule has 1 aliphatic rings. The molecule has 0 N–H and O–H groups in total. The van der Waals surface area contributed by atoms with E-state index in [1.165, 1.54) is 19.3 Å². The Labute approximate surface area is 101 Å². The first kappa shape index (κ1) is 14.4. The maximum absolute atomic E-state index is 5.80. The van der Waals surface area contributed by atoms with Crippen LogP contribution in [0, 0.1) is 0 Å². The van der Waals surface area contributed by atoms with E-state index in [9.17, 15) is 0 Å². The van der Waals surface area contributed by atoms with Crippen LogP contribution < -0.4 is 0 Å². The lowest BCUT2D eigenvalue weighted by Crippen LogP contribution is -2.20. The van der Waals surface area contributed by atoms with Crippen molar-refractivity contribution in [1.82, 2.24) is 0 Å². The molecule has 1 rings (SSSR count). The molecule has 16 heavy (non-hydrogen) atoms. The second-order valence-electron chi connectivity index (χ2n) is 4.26. The molecule has 0 aromatic rings. The molecule has 1 aliphatic carbocycles. The minimum absolute atomic E-state index is 0.398. The molecular formula is C12H25O3P. The Hall–Kier alpha value is 0.310. The molecule has 1 fully saturated rings. The first-order valence-corrected chi connectivity index (χ1v) is 7.69. The van der Waals surface area contributed by atoms with E-state index in [0.29, 0.717) is 6.10 Å². The first-order valence-electron chi connectivity index (χ1n) is 6.59. The van der Waals surface area contributed by atoms with Crippen LogP contribution in [0.1, 0.15) is 58.8 Å². The first-order chi connectivity index (χ1) is 7.86. The van der Waals surface area contributed by atoms with Crippen LogP contribution >= 0.6 is 8.60 Å². The molecule has 1 saturated carbocycles. The van der Waals surface area contributed by atoms with Crippen LogP contribution in [0.4, 0.5) is 0 Å². The molecule has 0 aliphatic heterocycles. The smallest absolute Gasteiger partial charge is 0.312 e. The minimum Gasteiger partial charge on any atom is -0.312 e. The molecule has 4 heteroatoms. The monoisotopic (exact) mass is 248 g/mol. The van der Waals surface area contributed by atoms with Crippen LogP contribution in [0.2, 0.25) is 0 Å². The standard InChI is InChI=1S/C12H25O3P/c1-3-5-10-13-16(14-11-6-4-2)15-12-8-7-9-12/h12H,3-11H2,1-2H3. The third-order valence-electron chi connectivity index (χ3n) is 2.68. The van der Waals surface area contributed by atoms with Crippen molar-refractivity contribution >= 4 is 8.60 Å². The van der Waals surface area contributed by atoms with Crippen molar-refractivity contribution in [3.8, 4) is 0 Å². The van der Waals surface area contributed by atoms with Gasteiger partial charge >= 0.3 is 8.60 Å². The molecule has 0 heterocycles. The highest BCUT2D eigenvalue weighted by atomic mass is 31.2. The average molecular weight is 248 g/mol. The summed E-state index contributed by atoms with van der Waals surface area (Å²) in [6.45, 7) is 5.86. The van der Waals surface area contributed by atoms with Crippen molar-refractivity contribution in [3.05, 3.63) is 0 Å². The van der Waals surface area contributed by atoms with Gasteiger partial charge in [-0.2, -0.15) is 0 Å². The van der Waals surface area contributed by atoms with Gasteiger partial charge in [-0.05, 0) is 32.1 Å². The van der Waals surface area contributed by atoms with Gasteiger partial charge in [0.2, 0.25) is 0 Å². The Bertz CT molecular complexity index is 152. The number of hydrogen-bond donors (Lipinski definition) is 0. The van der Waals surface area contributed by atoms with E-state index < -0.39 is 8.60 Å². The summed E-state index contributed by atoms with van der Waals surface area (Å²) in [4.78, 5) is 0. The van der Waals surface area contributed by atoms with Crippen molar-refractivity contribution in [2.45, 2.75) is 64.9 Å². The van der Waals surface area contributed by atoms with Gasteiger partial charge in [-0.15, -0.1) is 0 Å². The maximum atomic E-state index is 5.80. The third-order valence-corrected chi connectivity index (χ3v) is 3.93. The van der Waals surface area contributed by atoms with Crippen molar-refractivity contribution in [3.63, 3.8) is 0 Å². The Morgan fingerprint density at radius 3 is 1.94 bits per heavy atom. The lowest BCUT2D eigenvalue weighted by Gasteiger charge is -2.28. The predicted molar refractivity (Wildman–Crippen MR) is 67.4 cm³/mol. The molecule has 0 unspecified atom stereocenters. The molecule has 0 aromatic carbocycles. The van der Waals surface area contributed by atoms with Gasteiger partial charge in [0.25, 0.3) is 0 Å². The normalized spacial score (nSPS) is 16.7. The molecule has 0 saturated heterocycles. The van der Waals surface area contributed by atoms with Gasteiger partial charge < -0.3 is 13.6 Å². The van der Waals surface area contributed by atoms with Crippen LogP contribution in [0.5, 0.6) is 0 Å². The summed E-state index contributed by atoms with van der Waals surface area (Å²) >= 11 is 0. The van der Waals surface area contributed by atoms with Gasteiger partial charge in [0, 0.05) is 0 Å². The Kier molecular flexibility index (Phi) is 8.40. The fourth-order valence-corrected chi connectivity index (χ4v) is 2.47. The second kappa shape index (κ2) is 9.35. The number of unbranched alkanes of at least 4 members (excludes halogenated alkanes) is 2. The molecule has 0 bridgehead atoms. The van der Waals surface area contributed by atoms with Gasteiger partial charge in [0.15, 0.2) is 0 Å². The van der Waals surface area contributed by atoms with Gasteiger partial charge in [-0.1, -0.05) is 26.7 Å². The summed E-state index contributed by atoms with van der Waals surface area (Å²) in [5.41, 5.74) is 0. The summed E-state index contributed by atoms with van der Waals surface area (Å²) in [5, 5.41) is 0. The molecule has 0 aromatic heterocycles. The second-order valence-corrected chi connectivity index (χ2v) is 5.43. The molecule has 0 spiro atoms. The van der Waals surface area contributed by atoms with Crippen LogP contribution in [-0.4, -0.2) is 19.3 Å². The molecule has 96 valence electrons. The van der Waals surface area contributed by atoms with E-state index in [1.54, 1.807) is 0 Å². The molecule has 3 nitrogen and oxygen atoms in total. The van der Waals surface area contributed by atoms with Crippen molar-refractivity contribution in [1.29, 1.82) is 0 Å². The van der Waals surface area contributed by atoms with Gasteiger partial charge in [-0.25, -0.2) is 0 Å². The zero-order valence-corrected chi connectivity index (χ0v) is 11.5. The van der Waals surface area contributed by atoms with Crippen molar-refractivity contribution in [2.75, 3.05) is 13.2 Å². The molecule has 0 atom stereocenters. The predicted octanol–water partition coefficient (Wildman–Crippen LogP) is 4.42. The topological polar surface area (TPSA) is 27.7 Å². The Morgan fingerprint density at radius 2 is 1.56 bits per heavy atom. The van der Waals surface area contributed by atoms with Crippen LogP contribution in [0.3, 0.4) is 0 Å². The van der Waals surface area contributed by atoms with Gasteiger partial charge in [-0.3, -0.25) is 0 Å². The highest BCUT2D eigenvalue weighted by Crippen LogP contribution is 2.44. The zero-order valence-electron chi connectivity index (χ0n) is 10.6. The highest BCUT2D eigenvalue weighted by Gasteiger charge is 2.24. The van der Waals surface area contributed by atoms with Gasteiger partial charge in [0.1, 0.15) is 0 Å². The van der Waals surface area contributed by atoms with E-state index in [-0.39, 0.29) is 0 Å². The van der Waals surface area contributed by atoms with Gasteiger partial charge in [0.05, 0.1) is 19.3 Å². The van der Waals surface area contributed by atoms with E-state index in [0.717, 1.165) is 38.9 Å². The van der Waals surface area contributed by atoms with E-state index in [4.69, 9.17) is 13.6 Å². The van der Waals surface area contributed by atoms with Crippen LogP contribution in [0.15, 0.2) is 0 Å². The largest absolute Gasteiger partial charge is 0.332 e. The number of hydrogen-bond acceptors (Lipinski definition) is 3. The van der Waals surface area contributed by atoms with Crippen LogP contribution in [-0.2, 0) is 13.6 Å². The molecule has 0 amide bonds. The molecular weight excluding hydrogens is 223 g/mol. The van der Waals surface area contributed by atoms with Crippen LogP contribution in [0.25, 0.3) is 0 Å². The van der Waals surface area contributed by atoms with E-state index in [1.807, 2.05) is 0 Å². The highest BCUT2D eigenvalue weighted by molar-refractivity contribution is 7.41. The molecule has 0 radical (unpaired) electrons. The minimum atomic E-state index is -1.08. The fourth-order valence-electron chi connectivity index (χ4n) is 1.26. The fraction of sp³-hybridized carbons (Fsp3) is 1.00. The summed E-state index contributed by atoms with van der Waals surface area (Å²) in [6, 6.07) is 0. The average Bonchev–Trinajstić information content (AvgIpc) is 2.23. The SMILES string of the molecule is CCCCOP(OCCCC)OC1CCC1. The van der Waals surface area contributed by atoms with Crippen molar-refractivity contribution < 1.29 is 13.6 Å². The Morgan fingerprint density at radius 1 is 1.00 bits per heavy atom.